The van der Waals surface area contributed by atoms with Crippen LogP contribution < -0.4 is 43.6 Å². The Balaban J connectivity index is 1.74. The highest BCUT2D eigenvalue weighted by atomic mass is 35.5. The van der Waals surface area contributed by atoms with E-state index in [1.807, 2.05) is 9.80 Å². The summed E-state index contributed by atoms with van der Waals surface area (Å²) in [5.41, 5.74) is 25.3. The molecule has 4 rings (SSSR count). The van der Waals surface area contributed by atoms with Crippen molar-refractivity contribution in [2.24, 2.45) is 28.8 Å². The molecule has 2 saturated heterocycles. The Morgan fingerprint density at radius 2 is 1.12 bits per heavy atom. The lowest BCUT2D eigenvalue weighted by Crippen LogP contribution is -2.54. The van der Waals surface area contributed by atoms with E-state index in [0.717, 1.165) is 12.8 Å². The molecule has 0 amide bonds. The largest absolute Gasteiger partial charge is 0.338 e. The zero-order chi connectivity index (χ0) is 23.0. The van der Waals surface area contributed by atoms with Crippen LogP contribution in [0, 0.1) is 0 Å². The van der Waals surface area contributed by atoms with E-state index in [2.05, 4.69) is 9.97 Å². The lowest BCUT2D eigenvalue weighted by atomic mass is 10.0. The molecule has 0 spiro atoms. The average molecular weight is 482 g/mol. The highest BCUT2D eigenvalue weighted by Gasteiger charge is 2.29. The number of rotatable bonds is 4. The zero-order valence-corrected chi connectivity index (χ0v) is 19.1. The first-order valence-corrected chi connectivity index (χ1v) is 11.2. The number of benzene rings is 1. The van der Waals surface area contributed by atoms with Gasteiger partial charge in [-0.1, -0.05) is 23.2 Å². The summed E-state index contributed by atoms with van der Waals surface area (Å²) in [5.74, 6) is 7.49. The van der Waals surface area contributed by atoms with Gasteiger partial charge < -0.3 is 32.7 Å². The second kappa shape index (κ2) is 9.48. The first-order valence-electron chi connectivity index (χ1n) is 10.5. The standard InChI is InChI=1S/C19H29Cl2N11/c20-10-1-11(21)3-16(2-10)32(26)19-28-17(30-6-12(22)4-13(23)7-30)27-18(29-19)31-8-14(24)5-15(25)9-31/h1-3,12-15H,4-9,22-26H2/t12-,13+,14-,15+. The maximum atomic E-state index is 6.39. The van der Waals surface area contributed by atoms with E-state index >= 15 is 0 Å². The predicted molar refractivity (Wildman–Crippen MR) is 128 cm³/mol. The molecule has 4 atom stereocenters. The van der Waals surface area contributed by atoms with Crippen molar-refractivity contribution in [3.05, 3.63) is 28.2 Å². The van der Waals surface area contributed by atoms with E-state index in [4.69, 9.17) is 57.0 Å². The third-order valence-corrected chi connectivity index (χ3v) is 5.97. The molecule has 0 bridgehead atoms. The van der Waals surface area contributed by atoms with Gasteiger partial charge in [0.15, 0.2) is 0 Å². The summed E-state index contributed by atoms with van der Waals surface area (Å²) in [6.45, 7) is 2.29. The monoisotopic (exact) mass is 481 g/mol. The minimum atomic E-state index is -0.0834. The highest BCUT2D eigenvalue weighted by Crippen LogP contribution is 2.29. The summed E-state index contributed by atoms with van der Waals surface area (Å²) in [6.07, 6.45) is 1.47. The molecule has 0 unspecified atom stereocenters. The van der Waals surface area contributed by atoms with Gasteiger partial charge in [-0.25, -0.2) is 10.9 Å². The van der Waals surface area contributed by atoms with Crippen LogP contribution in [0.2, 0.25) is 10.0 Å². The first-order chi connectivity index (χ1) is 15.2. The van der Waals surface area contributed by atoms with Crippen LogP contribution in [0.3, 0.4) is 0 Å². The van der Waals surface area contributed by atoms with Crippen molar-refractivity contribution < 1.29 is 0 Å². The van der Waals surface area contributed by atoms with Gasteiger partial charge in [0.05, 0.1) is 5.69 Å². The quantitative estimate of drug-likeness (QED) is 0.291. The second-order valence-electron chi connectivity index (χ2n) is 8.55. The van der Waals surface area contributed by atoms with Gasteiger partial charge in [-0.2, -0.15) is 15.0 Å². The maximum absolute atomic E-state index is 6.39. The van der Waals surface area contributed by atoms with Crippen molar-refractivity contribution in [1.29, 1.82) is 0 Å². The third kappa shape index (κ3) is 5.31. The van der Waals surface area contributed by atoms with Gasteiger partial charge in [-0.15, -0.1) is 0 Å². The molecule has 2 aliphatic heterocycles. The Kier molecular flexibility index (Phi) is 6.86. The van der Waals surface area contributed by atoms with Crippen molar-refractivity contribution in [3.8, 4) is 0 Å². The molecule has 1 aromatic carbocycles. The van der Waals surface area contributed by atoms with E-state index in [0.29, 0.717) is 53.8 Å². The van der Waals surface area contributed by atoms with Crippen LogP contribution in [-0.4, -0.2) is 65.3 Å². The zero-order valence-electron chi connectivity index (χ0n) is 17.6. The Morgan fingerprint density at radius 3 is 1.53 bits per heavy atom. The number of halogens is 2. The van der Waals surface area contributed by atoms with Crippen molar-refractivity contribution in [1.82, 2.24) is 15.0 Å². The summed E-state index contributed by atoms with van der Waals surface area (Å²) in [5, 5.41) is 2.21. The van der Waals surface area contributed by atoms with Crippen molar-refractivity contribution in [3.63, 3.8) is 0 Å². The molecular formula is C19H29Cl2N11. The topological polar surface area (TPSA) is 178 Å². The normalized spacial score (nSPS) is 26.3. The lowest BCUT2D eigenvalue weighted by molar-refractivity contribution is 0.441. The van der Waals surface area contributed by atoms with Crippen molar-refractivity contribution in [2.75, 3.05) is 41.0 Å². The van der Waals surface area contributed by atoms with E-state index < -0.39 is 0 Å². The number of hydrogen-bond acceptors (Lipinski definition) is 11. The summed E-state index contributed by atoms with van der Waals surface area (Å²) in [7, 11) is 0. The van der Waals surface area contributed by atoms with Crippen LogP contribution in [0.25, 0.3) is 0 Å². The van der Waals surface area contributed by atoms with Gasteiger partial charge in [0, 0.05) is 60.4 Å². The first kappa shape index (κ1) is 23.2. The molecule has 1 aromatic heterocycles. The molecule has 13 heteroatoms. The number of piperidine rings is 2. The van der Waals surface area contributed by atoms with Crippen LogP contribution in [0.4, 0.5) is 23.5 Å². The molecule has 32 heavy (non-hydrogen) atoms. The van der Waals surface area contributed by atoms with Crippen molar-refractivity contribution in [2.45, 2.75) is 37.0 Å². The third-order valence-electron chi connectivity index (χ3n) is 5.54. The van der Waals surface area contributed by atoms with E-state index in [1.54, 1.807) is 18.2 Å². The smallest absolute Gasteiger partial charge is 0.251 e. The van der Waals surface area contributed by atoms with Gasteiger partial charge in [0.25, 0.3) is 5.95 Å². The van der Waals surface area contributed by atoms with E-state index in [9.17, 15) is 0 Å². The molecule has 11 nitrogen and oxygen atoms in total. The lowest BCUT2D eigenvalue weighted by Gasteiger charge is -2.37. The molecule has 174 valence electrons. The fourth-order valence-electron chi connectivity index (χ4n) is 4.21. The van der Waals surface area contributed by atoms with E-state index in [1.165, 1.54) is 5.01 Å². The molecular weight excluding hydrogens is 453 g/mol. The Morgan fingerprint density at radius 1 is 0.719 bits per heavy atom. The summed E-state index contributed by atoms with van der Waals surface area (Å²) in [4.78, 5) is 17.8. The number of nitrogens with zero attached hydrogens (tertiary/aromatic N) is 6. The SMILES string of the molecule is N[C@@H]1C[C@H](N)CN(c2nc(N3C[C@H](N)C[C@H](N)C3)nc(N(N)c3cc(Cl)cc(Cl)c3)n2)C1. The van der Waals surface area contributed by atoms with Crippen LogP contribution in [0.1, 0.15) is 12.8 Å². The van der Waals surface area contributed by atoms with Gasteiger partial charge in [0.1, 0.15) is 0 Å². The molecule has 0 saturated carbocycles. The average Bonchev–Trinajstić information content (AvgIpc) is 2.70. The fourth-order valence-corrected chi connectivity index (χ4v) is 4.73. The van der Waals surface area contributed by atoms with Gasteiger partial charge in [-0.05, 0) is 31.0 Å². The van der Waals surface area contributed by atoms with Gasteiger partial charge >= 0.3 is 0 Å². The number of aromatic nitrogens is 3. The predicted octanol–water partition coefficient (Wildman–Crippen LogP) is -0.0804. The summed E-state index contributed by atoms with van der Waals surface area (Å²) in [6, 6.07) is 4.64. The van der Waals surface area contributed by atoms with Crippen LogP contribution >= 0.6 is 23.2 Å². The Bertz CT molecular complexity index is 876. The molecule has 0 aliphatic carbocycles. The fraction of sp³-hybridized carbons (Fsp3) is 0.526. The minimum Gasteiger partial charge on any atom is -0.338 e. The Hall–Kier alpha value is -1.99. The van der Waals surface area contributed by atoms with Gasteiger partial charge in [0.2, 0.25) is 11.9 Å². The summed E-state index contributed by atoms with van der Waals surface area (Å²) < 4.78 is 0. The second-order valence-corrected chi connectivity index (χ2v) is 9.43. The van der Waals surface area contributed by atoms with Crippen LogP contribution in [0.5, 0.6) is 0 Å². The molecule has 0 radical (unpaired) electrons. The molecule has 10 N–H and O–H groups in total. The van der Waals surface area contributed by atoms with Crippen LogP contribution in [0.15, 0.2) is 18.2 Å². The van der Waals surface area contributed by atoms with Gasteiger partial charge in [-0.3, -0.25) is 0 Å². The molecule has 2 fully saturated rings. The molecule has 2 aromatic rings. The summed E-state index contributed by atoms with van der Waals surface area (Å²) >= 11 is 12.3. The number of hydrazine groups is 1. The molecule has 2 aliphatic rings. The highest BCUT2D eigenvalue weighted by molar-refractivity contribution is 6.35. The number of anilines is 4. The van der Waals surface area contributed by atoms with E-state index in [-0.39, 0.29) is 30.1 Å². The Labute approximate surface area is 196 Å². The maximum Gasteiger partial charge on any atom is 0.251 e. The number of nitrogens with two attached hydrogens (primary N) is 5. The number of hydrogen-bond donors (Lipinski definition) is 5. The minimum absolute atomic E-state index is 0.0834. The van der Waals surface area contributed by atoms with Crippen LogP contribution in [-0.2, 0) is 0 Å². The van der Waals surface area contributed by atoms with Crippen molar-refractivity contribution >= 4 is 46.7 Å². The molecule has 3 heterocycles.